The summed E-state index contributed by atoms with van der Waals surface area (Å²) in [7, 11) is 1.89. The smallest absolute Gasteiger partial charge is 0.305 e. The van der Waals surface area contributed by atoms with Crippen molar-refractivity contribution in [2.75, 3.05) is 11.9 Å². The second kappa shape index (κ2) is 4.77. The summed E-state index contributed by atoms with van der Waals surface area (Å²) < 4.78 is 0. The van der Waals surface area contributed by atoms with Crippen molar-refractivity contribution in [2.45, 2.75) is 26.3 Å². The number of aryl methyl sites for hydroxylation is 1. The van der Waals surface area contributed by atoms with Crippen LogP contribution in [0.4, 0.5) is 5.69 Å². The summed E-state index contributed by atoms with van der Waals surface area (Å²) in [4.78, 5) is 16.6. The van der Waals surface area contributed by atoms with Gasteiger partial charge in [-0.2, -0.15) is 0 Å². The van der Waals surface area contributed by atoms with E-state index in [2.05, 4.69) is 4.98 Å². The molecule has 1 aromatic rings. The van der Waals surface area contributed by atoms with E-state index in [1.807, 2.05) is 37.9 Å². The van der Waals surface area contributed by atoms with E-state index in [1.165, 1.54) is 0 Å². The molecule has 0 aromatic carbocycles. The van der Waals surface area contributed by atoms with Gasteiger partial charge < -0.3 is 10.0 Å². The highest BCUT2D eigenvalue weighted by atomic mass is 16.4. The molecule has 1 aromatic heterocycles. The van der Waals surface area contributed by atoms with Crippen molar-refractivity contribution in [1.29, 1.82) is 0 Å². The fourth-order valence-electron chi connectivity index (χ4n) is 1.39. The number of carboxylic acid groups (broad SMARTS) is 1. The molecule has 4 heteroatoms. The Morgan fingerprint density at radius 2 is 2.33 bits per heavy atom. The number of carboxylic acids is 1. The molecule has 0 aliphatic heterocycles. The maximum absolute atomic E-state index is 10.6. The van der Waals surface area contributed by atoms with Crippen LogP contribution in [0, 0.1) is 6.92 Å². The van der Waals surface area contributed by atoms with E-state index >= 15 is 0 Å². The van der Waals surface area contributed by atoms with Gasteiger partial charge >= 0.3 is 5.97 Å². The Morgan fingerprint density at radius 3 is 2.87 bits per heavy atom. The first-order valence-corrected chi connectivity index (χ1v) is 4.88. The van der Waals surface area contributed by atoms with E-state index in [0.29, 0.717) is 0 Å². The Hall–Kier alpha value is -1.58. The molecule has 0 fully saturated rings. The van der Waals surface area contributed by atoms with Gasteiger partial charge in [0.05, 0.1) is 6.42 Å². The second-order valence-electron chi connectivity index (χ2n) is 3.71. The molecule has 1 rings (SSSR count). The summed E-state index contributed by atoms with van der Waals surface area (Å²) in [5.41, 5.74) is 1.93. The maximum atomic E-state index is 10.6. The van der Waals surface area contributed by atoms with Crippen molar-refractivity contribution in [2.24, 2.45) is 0 Å². The lowest BCUT2D eigenvalue weighted by molar-refractivity contribution is -0.137. The van der Waals surface area contributed by atoms with Crippen molar-refractivity contribution in [1.82, 2.24) is 4.98 Å². The van der Waals surface area contributed by atoms with E-state index in [9.17, 15) is 4.79 Å². The minimum Gasteiger partial charge on any atom is -0.481 e. The van der Waals surface area contributed by atoms with Crippen LogP contribution in [0.3, 0.4) is 0 Å². The third kappa shape index (κ3) is 3.23. The Bertz CT molecular complexity index is 352. The van der Waals surface area contributed by atoms with Gasteiger partial charge in [0.1, 0.15) is 0 Å². The second-order valence-corrected chi connectivity index (χ2v) is 3.71. The molecule has 0 bridgehead atoms. The first-order chi connectivity index (χ1) is 7.00. The van der Waals surface area contributed by atoms with Crippen LogP contribution in [0.25, 0.3) is 0 Å². The summed E-state index contributed by atoms with van der Waals surface area (Å²) in [5.74, 6) is -0.778. The molecule has 15 heavy (non-hydrogen) atoms. The van der Waals surface area contributed by atoms with Gasteiger partial charge in [0.15, 0.2) is 0 Å². The van der Waals surface area contributed by atoms with E-state index in [4.69, 9.17) is 5.11 Å². The van der Waals surface area contributed by atoms with Gasteiger partial charge in [0.25, 0.3) is 0 Å². The van der Waals surface area contributed by atoms with Gasteiger partial charge in [-0.1, -0.05) is 0 Å². The minimum atomic E-state index is -0.778. The van der Waals surface area contributed by atoms with Crippen LogP contribution in [0.2, 0.25) is 0 Å². The number of nitrogens with zero attached hydrogens (tertiary/aromatic N) is 2. The molecule has 0 saturated heterocycles. The average molecular weight is 208 g/mol. The van der Waals surface area contributed by atoms with Crippen molar-refractivity contribution >= 4 is 11.7 Å². The quantitative estimate of drug-likeness (QED) is 0.818. The van der Waals surface area contributed by atoms with Crippen molar-refractivity contribution in [3.63, 3.8) is 0 Å². The number of aliphatic carboxylic acids is 1. The molecule has 1 N–H and O–H groups in total. The molecule has 0 amide bonds. The van der Waals surface area contributed by atoms with Crippen LogP contribution in [0.1, 0.15) is 19.0 Å². The third-order valence-electron chi connectivity index (χ3n) is 2.42. The lowest BCUT2D eigenvalue weighted by Crippen LogP contribution is -2.30. The predicted octanol–water partition coefficient (Wildman–Crippen LogP) is 1.69. The fourth-order valence-corrected chi connectivity index (χ4v) is 1.39. The molecule has 1 unspecified atom stereocenters. The molecular weight excluding hydrogens is 192 g/mol. The van der Waals surface area contributed by atoms with Crippen molar-refractivity contribution in [3.05, 3.63) is 24.0 Å². The first kappa shape index (κ1) is 11.5. The number of rotatable bonds is 4. The minimum absolute atomic E-state index is 0.0238. The van der Waals surface area contributed by atoms with Gasteiger partial charge in [-0.25, -0.2) is 0 Å². The maximum Gasteiger partial charge on any atom is 0.305 e. The third-order valence-corrected chi connectivity index (χ3v) is 2.42. The lowest BCUT2D eigenvalue weighted by Gasteiger charge is -2.25. The van der Waals surface area contributed by atoms with Crippen molar-refractivity contribution < 1.29 is 9.90 Å². The molecule has 0 spiro atoms. The summed E-state index contributed by atoms with van der Waals surface area (Å²) >= 11 is 0. The SMILES string of the molecule is Cc1cc(N(C)C(C)CC(=O)O)ccn1. The Labute approximate surface area is 89.6 Å². The monoisotopic (exact) mass is 208 g/mol. The van der Waals surface area contributed by atoms with E-state index in [-0.39, 0.29) is 12.5 Å². The zero-order valence-corrected chi connectivity index (χ0v) is 9.27. The Balaban J connectivity index is 2.75. The van der Waals surface area contributed by atoms with Gasteiger partial charge in [-0.15, -0.1) is 0 Å². The molecule has 1 heterocycles. The summed E-state index contributed by atoms with van der Waals surface area (Å²) in [6.45, 7) is 3.81. The average Bonchev–Trinajstić information content (AvgIpc) is 2.15. The molecular formula is C11H16N2O2. The van der Waals surface area contributed by atoms with E-state index < -0.39 is 5.97 Å². The first-order valence-electron chi connectivity index (χ1n) is 4.88. The number of aromatic nitrogens is 1. The van der Waals surface area contributed by atoms with Crippen LogP contribution < -0.4 is 4.90 Å². The molecule has 0 saturated carbocycles. The standard InChI is InChI=1S/C11H16N2O2/c1-8-6-10(4-5-12-8)13(3)9(2)7-11(14)15/h4-6,9H,7H2,1-3H3,(H,14,15). The Morgan fingerprint density at radius 1 is 1.67 bits per heavy atom. The predicted molar refractivity (Wildman–Crippen MR) is 59.1 cm³/mol. The van der Waals surface area contributed by atoms with Gasteiger partial charge in [0, 0.05) is 30.7 Å². The number of anilines is 1. The van der Waals surface area contributed by atoms with Crippen LogP contribution >= 0.6 is 0 Å². The number of hydrogen-bond donors (Lipinski definition) is 1. The largest absolute Gasteiger partial charge is 0.481 e. The highest BCUT2D eigenvalue weighted by molar-refractivity contribution is 5.68. The zero-order chi connectivity index (χ0) is 11.4. The fraction of sp³-hybridized carbons (Fsp3) is 0.455. The highest BCUT2D eigenvalue weighted by Crippen LogP contribution is 2.16. The highest BCUT2D eigenvalue weighted by Gasteiger charge is 2.13. The lowest BCUT2D eigenvalue weighted by atomic mass is 10.2. The Kier molecular flexibility index (Phi) is 3.66. The number of pyridine rings is 1. The van der Waals surface area contributed by atoms with Gasteiger partial charge in [-0.3, -0.25) is 9.78 Å². The molecule has 82 valence electrons. The van der Waals surface area contributed by atoms with Crippen molar-refractivity contribution in [3.8, 4) is 0 Å². The number of hydrogen-bond acceptors (Lipinski definition) is 3. The molecule has 0 aliphatic rings. The van der Waals surface area contributed by atoms with Crippen LogP contribution in [-0.4, -0.2) is 29.1 Å². The molecule has 1 atom stereocenters. The zero-order valence-electron chi connectivity index (χ0n) is 9.27. The number of carbonyl (C=O) groups is 1. The normalized spacial score (nSPS) is 12.2. The molecule has 0 aliphatic carbocycles. The summed E-state index contributed by atoms with van der Waals surface area (Å²) in [6.07, 6.45) is 1.87. The van der Waals surface area contributed by atoms with Gasteiger partial charge in [0.2, 0.25) is 0 Å². The van der Waals surface area contributed by atoms with Crippen LogP contribution in [0.15, 0.2) is 18.3 Å². The summed E-state index contributed by atoms with van der Waals surface area (Å²) in [6, 6.07) is 3.80. The summed E-state index contributed by atoms with van der Waals surface area (Å²) in [5, 5.41) is 8.70. The molecule has 0 radical (unpaired) electrons. The topological polar surface area (TPSA) is 53.4 Å². The van der Waals surface area contributed by atoms with E-state index in [0.717, 1.165) is 11.4 Å². The van der Waals surface area contributed by atoms with Gasteiger partial charge in [-0.05, 0) is 26.0 Å². The van der Waals surface area contributed by atoms with E-state index in [1.54, 1.807) is 6.20 Å². The van der Waals surface area contributed by atoms with Crippen LogP contribution in [0.5, 0.6) is 0 Å². The van der Waals surface area contributed by atoms with Crippen LogP contribution in [-0.2, 0) is 4.79 Å². The molecule has 4 nitrogen and oxygen atoms in total.